The third-order valence-electron chi connectivity index (χ3n) is 4.64. The third kappa shape index (κ3) is 3.39. The quantitative estimate of drug-likeness (QED) is 0.798. The van der Waals surface area contributed by atoms with Gasteiger partial charge in [-0.2, -0.15) is 0 Å². The average molecular weight is 324 g/mol. The molecular weight excluding hydrogens is 302 g/mol. The lowest BCUT2D eigenvalue weighted by molar-refractivity contribution is -0.166. The summed E-state index contributed by atoms with van der Waals surface area (Å²) in [7, 11) is 0. The van der Waals surface area contributed by atoms with Crippen molar-refractivity contribution in [3.05, 3.63) is 28.8 Å². The van der Waals surface area contributed by atoms with Crippen LogP contribution in [0.3, 0.4) is 0 Å². The molecule has 3 aliphatic rings. The summed E-state index contributed by atoms with van der Waals surface area (Å²) in [5.74, 6) is 0.866. The van der Waals surface area contributed by atoms with Crippen molar-refractivity contribution in [3.63, 3.8) is 0 Å². The molecule has 0 aromatic heterocycles. The molecule has 0 radical (unpaired) electrons. The fourth-order valence-electron chi connectivity index (χ4n) is 3.23. The first-order valence-electron chi connectivity index (χ1n) is 7.88. The van der Waals surface area contributed by atoms with Gasteiger partial charge in [-0.3, -0.25) is 4.90 Å². The van der Waals surface area contributed by atoms with Crippen LogP contribution in [0.15, 0.2) is 18.2 Å². The second-order valence-electron chi connectivity index (χ2n) is 6.28. The first-order chi connectivity index (χ1) is 10.5. The largest absolute Gasteiger partial charge is 0.479 e. The van der Waals surface area contributed by atoms with Gasteiger partial charge in [-0.05, 0) is 69.5 Å². The fourth-order valence-corrected chi connectivity index (χ4v) is 3.35. The maximum Gasteiger partial charge on any atom is 0.347 e. The molecular formula is C17H22ClNO3. The van der Waals surface area contributed by atoms with Gasteiger partial charge in [-0.25, -0.2) is 4.79 Å². The fraction of sp³-hybridized carbons (Fsp3) is 0.588. The lowest BCUT2D eigenvalue weighted by Crippen LogP contribution is -2.52. The Bertz CT molecular complexity index is 555. The summed E-state index contributed by atoms with van der Waals surface area (Å²) < 4.78 is 11.4. The van der Waals surface area contributed by atoms with E-state index in [1.54, 1.807) is 19.1 Å². The maximum absolute atomic E-state index is 12.3. The van der Waals surface area contributed by atoms with E-state index in [0.29, 0.717) is 16.7 Å². The number of esters is 1. The van der Waals surface area contributed by atoms with Crippen molar-refractivity contribution in [2.45, 2.75) is 38.9 Å². The molecule has 1 aromatic carbocycles. The second-order valence-corrected chi connectivity index (χ2v) is 6.69. The Morgan fingerprint density at radius 1 is 1.36 bits per heavy atom. The molecule has 0 amide bonds. The summed E-state index contributed by atoms with van der Waals surface area (Å²) in [5.41, 5.74) is 0.928. The summed E-state index contributed by atoms with van der Waals surface area (Å²) in [6.07, 6.45) is 1.66. The molecule has 5 heteroatoms. The van der Waals surface area contributed by atoms with Gasteiger partial charge in [0.15, 0.2) is 6.10 Å². The van der Waals surface area contributed by atoms with Crippen LogP contribution in [0.2, 0.25) is 5.02 Å². The van der Waals surface area contributed by atoms with Crippen LogP contribution in [-0.4, -0.2) is 42.7 Å². The molecule has 2 unspecified atom stereocenters. The summed E-state index contributed by atoms with van der Waals surface area (Å²) in [5, 5.41) is 0.690. The molecule has 3 fully saturated rings. The number of ether oxygens (including phenoxy) is 2. The molecule has 4 rings (SSSR count). The van der Waals surface area contributed by atoms with E-state index >= 15 is 0 Å². The smallest absolute Gasteiger partial charge is 0.347 e. The summed E-state index contributed by atoms with van der Waals surface area (Å²) >= 11 is 5.99. The van der Waals surface area contributed by atoms with E-state index in [1.165, 1.54) is 0 Å². The van der Waals surface area contributed by atoms with E-state index in [0.717, 1.165) is 38.0 Å². The van der Waals surface area contributed by atoms with Crippen molar-refractivity contribution in [2.24, 2.45) is 5.92 Å². The highest BCUT2D eigenvalue weighted by atomic mass is 35.5. The van der Waals surface area contributed by atoms with Crippen molar-refractivity contribution >= 4 is 17.6 Å². The zero-order chi connectivity index (χ0) is 15.7. The van der Waals surface area contributed by atoms with Gasteiger partial charge in [-0.15, -0.1) is 0 Å². The number of piperidine rings is 3. The van der Waals surface area contributed by atoms with Crippen LogP contribution < -0.4 is 4.74 Å². The summed E-state index contributed by atoms with van der Waals surface area (Å²) in [6, 6.07) is 5.38. The number of hydrogen-bond donors (Lipinski definition) is 0. The van der Waals surface area contributed by atoms with Gasteiger partial charge in [-0.1, -0.05) is 11.6 Å². The Hall–Kier alpha value is -1.26. The van der Waals surface area contributed by atoms with Crippen LogP contribution in [-0.2, 0) is 9.53 Å². The Morgan fingerprint density at radius 3 is 2.68 bits per heavy atom. The minimum Gasteiger partial charge on any atom is -0.479 e. The third-order valence-corrected chi connectivity index (χ3v) is 5.06. The highest BCUT2D eigenvalue weighted by molar-refractivity contribution is 6.31. The van der Waals surface area contributed by atoms with Gasteiger partial charge in [0, 0.05) is 11.6 Å². The van der Waals surface area contributed by atoms with Crippen molar-refractivity contribution in [3.8, 4) is 5.75 Å². The van der Waals surface area contributed by atoms with Gasteiger partial charge in [0.25, 0.3) is 0 Å². The van der Waals surface area contributed by atoms with Crippen LogP contribution in [0.25, 0.3) is 0 Å². The van der Waals surface area contributed by atoms with Crippen LogP contribution >= 0.6 is 11.6 Å². The molecule has 3 heterocycles. The van der Waals surface area contributed by atoms with E-state index < -0.39 is 6.10 Å². The van der Waals surface area contributed by atoms with Crippen molar-refractivity contribution in [1.82, 2.24) is 4.90 Å². The van der Waals surface area contributed by atoms with Gasteiger partial charge in [0.1, 0.15) is 11.9 Å². The first-order valence-corrected chi connectivity index (χ1v) is 8.26. The molecule has 3 aliphatic heterocycles. The standard InChI is InChI=1S/C17H22ClNO3/c1-11-9-14(3-4-15(11)18)21-12(2)17(20)22-16-10-19-7-5-13(16)6-8-19/h3-4,9,12-13,16H,5-8,10H2,1-2H3. The normalized spacial score (nSPS) is 28.2. The molecule has 0 spiro atoms. The number of carbonyl (C=O) groups is 1. The van der Waals surface area contributed by atoms with Crippen molar-refractivity contribution < 1.29 is 14.3 Å². The molecule has 2 bridgehead atoms. The van der Waals surface area contributed by atoms with Gasteiger partial charge >= 0.3 is 5.97 Å². The van der Waals surface area contributed by atoms with Crippen molar-refractivity contribution in [2.75, 3.05) is 19.6 Å². The lowest BCUT2D eigenvalue weighted by Gasteiger charge is -2.44. The number of benzene rings is 1. The van der Waals surface area contributed by atoms with Gasteiger partial charge in [0.05, 0.1) is 0 Å². The van der Waals surface area contributed by atoms with E-state index in [-0.39, 0.29) is 12.1 Å². The molecule has 0 saturated carbocycles. The molecule has 0 N–H and O–H groups in total. The molecule has 2 atom stereocenters. The molecule has 120 valence electrons. The summed E-state index contributed by atoms with van der Waals surface area (Å²) in [6.45, 7) is 6.77. The number of halogens is 1. The number of carbonyl (C=O) groups excluding carboxylic acids is 1. The van der Waals surface area contributed by atoms with E-state index in [4.69, 9.17) is 21.1 Å². The van der Waals surface area contributed by atoms with Crippen LogP contribution in [0.5, 0.6) is 5.75 Å². The zero-order valence-electron chi connectivity index (χ0n) is 13.0. The van der Waals surface area contributed by atoms with E-state index in [1.807, 2.05) is 13.0 Å². The molecule has 3 saturated heterocycles. The van der Waals surface area contributed by atoms with Gasteiger partial charge in [0.2, 0.25) is 0 Å². The molecule has 22 heavy (non-hydrogen) atoms. The Labute approximate surface area is 136 Å². The van der Waals surface area contributed by atoms with Gasteiger partial charge < -0.3 is 9.47 Å². The Morgan fingerprint density at radius 2 is 2.09 bits per heavy atom. The summed E-state index contributed by atoms with van der Waals surface area (Å²) in [4.78, 5) is 14.6. The SMILES string of the molecule is Cc1cc(OC(C)C(=O)OC2CN3CCC2CC3)ccc1Cl. The monoisotopic (exact) mass is 323 g/mol. The van der Waals surface area contributed by atoms with Crippen molar-refractivity contribution in [1.29, 1.82) is 0 Å². The zero-order valence-corrected chi connectivity index (χ0v) is 13.8. The predicted octanol–water partition coefficient (Wildman–Crippen LogP) is 3.05. The average Bonchev–Trinajstić information content (AvgIpc) is 2.52. The maximum atomic E-state index is 12.3. The molecule has 1 aromatic rings. The van der Waals surface area contributed by atoms with Crippen LogP contribution in [0, 0.1) is 12.8 Å². The van der Waals surface area contributed by atoms with E-state index in [9.17, 15) is 4.79 Å². The second kappa shape index (κ2) is 6.47. The Kier molecular flexibility index (Phi) is 4.59. The van der Waals surface area contributed by atoms with Crippen LogP contribution in [0.4, 0.5) is 0 Å². The predicted molar refractivity (Wildman–Crippen MR) is 85.3 cm³/mol. The topological polar surface area (TPSA) is 38.8 Å². The number of fused-ring (bicyclic) bond motifs is 3. The highest BCUT2D eigenvalue weighted by Gasteiger charge is 2.37. The lowest BCUT2D eigenvalue weighted by atomic mass is 9.86. The number of rotatable bonds is 4. The number of aryl methyl sites for hydroxylation is 1. The number of hydrogen-bond acceptors (Lipinski definition) is 4. The number of nitrogens with zero attached hydrogens (tertiary/aromatic N) is 1. The first kappa shape index (κ1) is 15.6. The minimum atomic E-state index is -0.615. The highest BCUT2D eigenvalue weighted by Crippen LogP contribution is 2.30. The van der Waals surface area contributed by atoms with E-state index in [2.05, 4.69) is 4.90 Å². The minimum absolute atomic E-state index is 0.0213. The Balaban J connectivity index is 1.56. The molecule has 4 nitrogen and oxygen atoms in total. The molecule has 0 aliphatic carbocycles. The van der Waals surface area contributed by atoms with Crippen LogP contribution in [0.1, 0.15) is 25.3 Å².